The molecular weight excluding hydrogens is 264 g/mol. The molecule has 20 heavy (non-hydrogen) atoms. The Hall–Kier alpha value is -1.32. The maximum absolute atomic E-state index is 5.74. The number of nitrogens with zero attached hydrogens (tertiary/aromatic N) is 1. The highest BCUT2D eigenvalue weighted by molar-refractivity contribution is 7.09. The lowest BCUT2D eigenvalue weighted by Gasteiger charge is -2.22. The van der Waals surface area contributed by atoms with Crippen molar-refractivity contribution in [3.63, 3.8) is 0 Å². The molecule has 0 fully saturated rings. The van der Waals surface area contributed by atoms with Crippen molar-refractivity contribution in [3.05, 3.63) is 52.2 Å². The summed E-state index contributed by atoms with van der Waals surface area (Å²) in [5.41, 5.74) is 7.96. The molecule has 0 spiro atoms. The first-order valence-corrected chi connectivity index (χ1v) is 8.17. The molecule has 0 radical (unpaired) electrons. The minimum Gasteiger partial charge on any atom is -0.399 e. The largest absolute Gasteiger partial charge is 0.399 e. The third-order valence-electron chi connectivity index (χ3n) is 3.79. The van der Waals surface area contributed by atoms with Gasteiger partial charge in [0.25, 0.3) is 0 Å². The maximum atomic E-state index is 5.74. The van der Waals surface area contributed by atoms with Crippen LogP contribution in [0, 0.1) is 0 Å². The third-order valence-corrected chi connectivity index (χ3v) is 4.65. The molecule has 0 aliphatic heterocycles. The van der Waals surface area contributed by atoms with Crippen molar-refractivity contribution < 1.29 is 0 Å². The van der Waals surface area contributed by atoms with Crippen LogP contribution in [0.25, 0.3) is 0 Å². The molecule has 0 aliphatic rings. The first kappa shape index (κ1) is 15.1. The van der Waals surface area contributed by atoms with Crippen LogP contribution in [0.1, 0.15) is 36.6 Å². The minimum atomic E-state index is 0.577. The van der Waals surface area contributed by atoms with Gasteiger partial charge in [-0.1, -0.05) is 32.0 Å². The molecule has 2 aromatic rings. The molecule has 2 rings (SSSR count). The van der Waals surface area contributed by atoms with Crippen molar-refractivity contribution in [2.75, 3.05) is 18.8 Å². The Morgan fingerprint density at radius 1 is 1.20 bits per heavy atom. The third kappa shape index (κ3) is 4.36. The van der Waals surface area contributed by atoms with E-state index >= 15 is 0 Å². The smallest absolute Gasteiger partial charge is 0.0327 e. The maximum Gasteiger partial charge on any atom is 0.0327 e. The van der Waals surface area contributed by atoms with Gasteiger partial charge in [-0.05, 0) is 54.6 Å². The summed E-state index contributed by atoms with van der Waals surface area (Å²) in [5, 5.41) is 2.15. The number of hydrogen-bond acceptors (Lipinski definition) is 3. The van der Waals surface area contributed by atoms with Crippen molar-refractivity contribution >= 4 is 17.0 Å². The van der Waals surface area contributed by atoms with Crippen molar-refractivity contribution in [2.45, 2.75) is 32.7 Å². The van der Waals surface area contributed by atoms with Crippen molar-refractivity contribution in [2.24, 2.45) is 0 Å². The van der Waals surface area contributed by atoms with E-state index in [-0.39, 0.29) is 0 Å². The van der Waals surface area contributed by atoms with E-state index in [4.69, 9.17) is 5.73 Å². The van der Waals surface area contributed by atoms with E-state index in [1.54, 1.807) is 0 Å². The summed E-state index contributed by atoms with van der Waals surface area (Å²) in [6, 6.07) is 12.6. The molecule has 1 aromatic heterocycles. The van der Waals surface area contributed by atoms with Gasteiger partial charge >= 0.3 is 0 Å². The Balaban J connectivity index is 1.84. The normalized spacial score (nSPS) is 12.8. The number of benzene rings is 1. The fraction of sp³-hybridized carbons (Fsp3) is 0.412. The monoisotopic (exact) mass is 288 g/mol. The quantitative estimate of drug-likeness (QED) is 0.768. The first-order chi connectivity index (χ1) is 9.69. The van der Waals surface area contributed by atoms with Gasteiger partial charge in [0.05, 0.1) is 0 Å². The molecule has 0 bridgehead atoms. The summed E-state index contributed by atoms with van der Waals surface area (Å²) in [4.78, 5) is 3.96. The lowest BCUT2D eigenvalue weighted by atomic mass is 9.97. The molecule has 3 heteroatoms. The van der Waals surface area contributed by atoms with Gasteiger partial charge in [0.2, 0.25) is 0 Å². The molecule has 2 nitrogen and oxygen atoms in total. The Bertz CT molecular complexity index is 490. The SMILES string of the molecule is CCN(CCC(C)c1ccc(N)cc1)Cc1cccs1. The highest BCUT2D eigenvalue weighted by atomic mass is 32.1. The van der Waals surface area contributed by atoms with Crippen LogP contribution in [0.15, 0.2) is 41.8 Å². The zero-order chi connectivity index (χ0) is 14.4. The van der Waals surface area contributed by atoms with Gasteiger partial charge in [0, 0.05) is 17.1 Å². The van der Waals surface area contributed by atoms with E-state index in [0.29, 0.717) is 5.92 Å². The summed E-state index contributed by atoms with van der Waals surface area (Å²) < 4.78 is 0. The summed E-state index contributed by atoms with van der Waals surface area (Å²) in [6.07, 6.45) is 1.18. The van der Waals surface area contributed by atoms with Gasteiger partial charge in [-0.15, -0.1) is 11.3 Å². The molecule has 1 atom stereocenters. The van der Waals surface area contributed by atoms with Crippen LogP contribution >= 0.6 is 11.3 Å². The summed E-state index contributed by atoms with van der Waals surface area (Å²) in [5.74, 6) is 0.577. The second-order valence-corrected chi connectivity index (χ2v) is 6.34. The number of nitrogen functional groups attached to an aromatic ring is 1. The van der Waals surface area contributed by atoms with E-state index in [2.05, 4.69) is 48.4 Å². The fourth-order valence-corrected chi connectivity index (χ4v) is 3.09. The van der Waals surface area contributed by atoms with Crippen LogP contribution in [0.2, 0.25) is 0 Å². The summed E-state index contributed by atoms with van der Waals surface area (Å²) in [6.45, 7) is 7.85. The van der Waals surface area contributed by atoms with E-state index in [1.165, 1.54) is 16.9 Å². The van der Waals surface area contributed by atoms with Gasteiger partial charge in [-0.2, -0.15) is 0 Å². The van der Waals surface area contributed by atoms with E-state index in [0.717, 1.165) is 25.3 Å². The molecular formula is C17H24N2S. The minimum absolute atomic E-state index is 0.577. The van der Waals surface area contributed by atoms with Crippen LogP contribution in [0.3, 0.4) is 0 Å². The predicted octanol–water partition coefficient (Wildman–Crippen LogP) is 4.35. The van der Waals surface area contributed by atoms with Crippen molar-refractivity contribution in [1.82, 2.24) is 4.90 Å². The van der Waals surface area contributed by atoms with Crippen LogP contribution in [-0.4, -0.2) is 18.0 Å². The molecule has 2 N–H and O–H groups in total. The average Bonchev–Trinajstić information content (AvgIpc) is 2.96. The topological polar surface area (TPSA) is 29.3 Å². The number of anilines is 1. The van der Waals surface area contributed by atoms with Gasteiger partial charge < -0.3 is 5.73 Å². The second kappa shape index (κ2) is 7.46. The van der Waals surface area contributed by atoms with Crippen LogP contribution < -0.4 is 5.73 Å². The number of nitrogens with two attached hydrogens (primary N) is 1. The molecule has 0 saturated heterocycles. The van der Waals surface area contributed by atoms with Gasteiger partial charge in [-0.3, -0.25) is 4.90 Å². The van der Waals surface area contributed by atoms with Crippen LogP contribution in [0.4, 0.5) is 5.69 Å². The molecule has 1 heterocycles. The Labute approximate surface area is 126 Å². The summed E-state index contributed by atoms with van der Waals surface area (Å²) in [7, 11) is 0. The average molecular weight is 288 g/mol. The Kier molecular flexibility index (Phi) is 5.62. The van der Waals surface area contributed by atoms with Crippen LogP contribution in [0.5, 0.6) is 0 Å². The highest BCUT2D eigenvalue weighted by Crippen LogP contribution is 2.21. The van der Waals surface area contributed by atoms with Gasteiger partial charge in [0.1, 0.15) is 0 Å². The molecule has 0 amide bonds. The fourth-order valence-electron chi connectivity index (χ4n) is 2.34. The number of hydrogen-bond donors (Lipinski definition) is 1. The van der Waals surface area contributed by atoms with E-state index in [9.17, 15) is 0 Å². The molecule has 0 saturated carbocycles. The number of thiophene rings is 1. The number of rotatable bonds is 7. The second-order valence-electron chi connectivity index (χ2n) is 5.30. The molecule has 0 aliphatic carbocycles. The van der Waals surface area contributed by atoms with E-state index in [1.807, 2.05) is 23.5 Å². The zero-order valence-corrected chi connectivity index (χ0v) is 13.2. The lowest BCUT2D eigenvalue weighted by Crippen LogP contribution is -2.24. The summed E-state index contributed by atoms with van der Waals surface area (Å²) >= 11 is 1.84. The van der Waals surface area contributed by atoms with Gasteiger partial charge in [0.15, 0.2) is 0 Å². The van der Waals surface area contributed by atoms with E-state index < -0.39 is 0 Å². The first-order valence-electron chi connectivity index (χ1n) is 7.29. The van der Waals surface area contributed by atoms with Gasteiger partial charge in [-0.25, -0.2) is 0 Å². The Morgan fingerprint density at radius 2 is 1.95 bits per heavy atom. The lowest BCUT2D eigenvalue weighted by molar-refractivity contribution is 0.272. The molecule has 1 aromatic carbocycles. The zero-order valence-electron chi connectivity index (χ0n) is 12.4. The predicted molar refractivity (Wildman–Crippen MR) is 89.2 cm³/mol. The molecule has 1 unspecified atom stereocenters. The van der Waals surface area contributed by atoms with Crippen molar-refractivity contribution in [1.29, 1.82) is 0 Å². The standard InChI is InChI=1S/C17H24N2S/c1-3-19(13-17-5-4-12-20-17)11-10-14(2)15-6-8-16(18)9-7-15/h4-9,12,14H,3,10-11,13,18H2,1-2H3. The van der Waals surface area contributed by atoms with Crippen molar-refractivity contribution in [3.8, 4) is 0 Å². The molecule has 108 valence electrons. The Morgan fingerprint density at radius 3 is 2.55 bits per heavy atom. The van der Waals surface area contributed by atoms with Crippen LogP contribution in [-0.2, 0) is 6.54 Å². The highest BCUT2D eigenvalue weighted by Gasteiger charge is 2.09.